The minimum absolute atomic E-state index is 0.0175. The molecule has 0 saturated carbocycles. The normalized spacial score (nSPS) is 13.9. The van der Waals surface area contributed by atoms with Crippen LogP contribution in [0.5, 0.6) is 5.75 Å². The van der Waals surface area contributed by atoms with E-state index in [9.17, 15) is 14.4 Å². The summed E-state index contributed by atoms with van der Waals surface area (Å²) in [4.78, 5) is 44.7. The smallest absolute Gasteiger partial charge is 0.255 e. The van der Waals surface area contributed by atoms with Gasteiger partial charge in [0.15, 0.2) is 5.78 Å². The first-order valence-corrected chi connectivity index (χ1v) is 11.2. The van der Waals surface area contributed by atoms with E-state index >= 15 is 0 Å². The molecule has 1 amide bonds. The third-order valence-corrected chi connectivity index (χ3v) is 6.10. The molecule has 8 heteroatoms. The first kappa shape index (κ1) is 23.2. The van der Waals surface area contributed by atoms with Crippen molar-refractivity contribution in [2.45, 2.75) is 33.2 Å². The average molecular weight is 461 g/mol. The molecule has 3 aromatic rings. The lowest BCUT2D eigenvalue weighted by Gasteiger charge is -2.31. The van der Waals surface area contributed by atoms with Gasteiger partial charge in [0, 0.05) is 47.7 Å². The second kappa shape index (κ2) is 9.51. The molecule has 34 heavy (non-hydrogen) atoms. The number of nitrogens with zero attached hydrogens (tertiary/aromatic N) is 3. The summed E-state index contributed by atoms with van der Waals surface area (Å²) in [6, 6.07) is 10.8. The summed E-state index contributed by atoms with van der Waals surface area (Å²) in [5.74, 6) is 0.177. The van der Waals surface area contributed by atoms with Crippen LogP contribution >= 0.6 is 0 Å². The van der Waals surface area contributed by atoms with Crippen molar-refractivity contribution in [2.75, 3.05) is 20.2 Å². The Morgan fingerprint density at radius 1 is 1.15 bits per heavy atom. The fourth-order valence-corrected chi connectivity index (χ4v) is 4.29. The number of benzene rings is 1. The minimum Gasteiger partial charge on any atom is -0.496 e. The molecule has 0 radical (unpaired) electrons. The Morgan fingerprint density at radius 3 is 2.47 bits per heavy atom. The third kappa shape index (κ3) is 4.44. The molecule has 2 aromatic heterocycles. The monoisotopic (exact) mass is 460 g/mol. The quantitative estimate of drug-likeness (QED) is 0.543. The number of pyridine rings is 2. The number of carbonyl (C=O) groups is 2. The summed E-state index contributed by atoms with van der Waals surface area (Å²) < 4.78 is 7.20. The van der Waals surface area contributed by atoms with Crippen molar-refractivity contribution in [3.63, 3.8) is 0 Å². The van der Waals surface area contributed by atoms with Gasteiger partial charge in [-0.3, -0.25) is 19.4 Å². The van der Waals surface area contributed by atoms with Crippen molar-refractivity contribution in [1.82, 2.24) is 14.5 Å². The number of nitrogens with two attached hydrogens (primary N) is 1. The number of carbonyl (C=O) groups excluding carboxylic acids is 2. The van der Waals surface area contributed by atoms with Crippen LogP contribution < -0.4 is 16.0 Å². The molecular weight excluding hydrogens is 432 g/mol. The van der Waals surface area contributed by atoms with Gasteiger partial charge in [-0.25, -0.2) is 0 Å². The van der Waals surface area contributed by atoms with Crippen LogP contribution in [0.15, 0.2) is 53.1 Å². The van der Waals surface area contributed by atoms with Crippen LogP contribution in [-0.4, -0.2) is 46.3 Å². The third-order valence-electron chi connectivity index (χ3n) is 6.10. The van der Waals surface area contributed by atoms with Gasteiger partial charge in [0.25, 0.3) is 5.56 Å². The van der Waals surface area contributed by atoms with E-state index in [2.05, 4.69) is 4.98 Å². The van der Waals surface area contributed by atoms with Crippen LogP contribution in [-0.2, 0) is 22.6 Å². The Balaban J connectivity index is 1.95. The number of hydrogen-bond donors (Lipinski definition) is 1. The molecule has 0 bridgehead atoms. The highest BCUT2D eigenvalue weighted by Gasteiger charge is 2.23. The van der Waals surface area contributed by atoms with Crippen LogP contribution in [0.1, 0.15) is 37.1 Å². The predicted molar refractivity (Wildman–Crippen MR) is 130 cm³/mol. The molecule has 8 nitrogen and oxygen atoms in total. The molecule has 1 aliphatic heterocycles. The van der Waals surface area contributed by atoms with Crippen molar-refractivity contribution < 1.29 is 14.3 Å². The van der Waals surface area contributed by atoms with Crippen LogP contribution in [0.25, 0.3) is 16.5 Å². The van der Waals surface area contributed by atoms with E-state index in [-0.39, 0.29) is 30.2 Å². The topological polar surface area (TPSA) is 108 Å². The van der Waals surface area contributed by atoms with Gasteiger partial charge in [-0.2, -0.15) is 0 Å². The summed E-state index contributed by atoms with van der Waals surface area (Å²) in [6.07, 6.45) is 2.67. The fraction of sp³-hybridized carbons (Fsp3) is 0.308. The van der Waals surface area contributed by atoms with Gasteiger partial charge in [-0.1, -0.05) is 6.07 Å². The number of amides is 1. The molecule has 3 heterocycles. The zero-order valence-corrected chi connectivity index (χ0v) is 19.6. The summed E-state index contributed by atoms with van der Waals surface area (Å²) >= 11 is 0. The van der Waals surface area contributed by atoms with E-state index in [1.54, 1.807) is 40.8 Å². The van der Waals surface area contributed by atoms with E-state index in [0.717, 1.165) is 19.5 Å². The summed E-state index contributed by atoms with van der Waals surface area (Å²) in [5.41, 5.74) is 8.79. The van der Waals surface area contributed by atoms with Gasteiger partial charge < -0.3 is 19.9 Å². The lowest BCUT2D eigenvalue weighted by atomic mass is 9.96. The van der Waals surface area contributed by atoms with Crippen molar-refractivity contribution in [2.24, 2.45) is 5.73 Å². The SMILES string of the molecule is COc1cc2c(cc1C(C(C)=O)=C(C)N)cc(CC(=O)N1CCC1)c(=O)n2Cc1ccccn1. The second-order valence-corrected chi connectivity index (χ2v) is 8.52. The largest absolute Gasteiger partial charge is 0.496 e. The molecule has 0 spiro atoms. The van der Waals surface area contributed by atoms with Gasteiger partial charge in [-0.05, 0) is 49.9 Å². The van der Waals surface area contributed by atoms with Crippen LogP contribution in [0.4, 0.5) is 0 Å². The zero-order chi connectivity index (χ0) is 24.4. The standard InChI is InChI=1S/C26H28N4O4/c1-16(27)25(17(2)31)21-12-18-11-19(13-24(32)29-9-6-10-29)26(33)30(22(18)14-23(21)34-3)15-20-7-4-5-8-28-20/h4-5,7-8,11-12,14H,6,9-10,13,15,27H2,1-3H3. The Labute approximate surface area is 197 Å². The number of likely N-dealkylation sites (tertiary alicyclic amines) is 1. The van der Waals surface area contributed by atoms with Crippen LogP contribution in [0.2, 0.25) is 0 Å². The summed E-state index contributed by atoms with van der Waals surface area (Å²) in [7, 11) is 1.51. The van der Waals surface area contributed by atoms with Gasteiger partial charge in [0.1, 0.15) is 5.75 Å². The van der Waals surface area contributed by atoms with Crippen LogP contribution in [0.3, 0.4) is 0 Å². The van der Waals surface area contributed by atoms with Crippen molar-refractivity contribution in [3.05, 3.63) is 75.5 Å². The maximum atomic E-state index is 13.5. The Morgan fingerprint density at radius 2 is 1.91 bits per heavy atom. The average Bonchev–Trinajstić information content (AvgIpc) is 2.75. The number of rotatable bonds is 7. The highest BCUT2D eigenvalue weighted by molar-refractivity contribution is 6.21. The Bertz CT molecular complexity index is 1350. The molecule has 4 rings (SSSR count). The van der Waals surface area contributed by atoms with Gasteiger partial charge >= 0.3 is 0 Å². The van der Waals surface area contributed by atoms with Crippen molar-refractivity contribution in [1.29, 1.82) is 0 Å². The molecular formula is C26H28N4O4. The summed E-state index contributed by atoms with van der Waals surface area (Å²) in [5, 5.41) is 0.706. The van der Waals surface area contributed by atoms with Crippen LogP contribution in [0, 0.1) is 0 Å². The highest BCUT2D eigenvalue weighted by atomic mass is 16.5. The highest BCUT2D eigenvalue weighted by Crippen LogP contribution is 2.33. The molecule has 2 N–H and O–H groups in total. The molecule has 0 unspecified atom stereocenters. The first-order chi connectivity index (χ1) is 16.3. The molecule has 1 saturated heterocycles. The van der Waals surface area contributed by atoms with E-state index in [1.165, 1.54) is 14.0 Å². The van der Waals surface area contributed by atoms with E-state index in [0.29, 0.717) is 44.7 Å². The van der Waals surface area contributed by atoms with E-state index < -0.39 is 0 Å². The van der Waals surface area contributed by atoms with Crippen molar-refractivity contribution in [3.8, 4) is 5.75 Å². The molecule has 1 fully saturated rings. The Kier molecular flexibility index (Phi) is 6.49. The molecule has 1 aliphatic rings. The number of hydrogen-bond acceptors (Lipinski definition) is 6. The lowest BCUT2D eigenvalue weighted by Crippen LogP contribution is -2.43. The van der Waals surface area contributed by atoms with Gasteiger partial charge in [0.05, 0.1) is 31.3 Å². The molecule has 1 aromatic carbocycles. The number of allylic oxidation sites excluding steroid dienone is 2. The number of Topliss-reactive ketones (excluding diaryl/α,β-unsaturated/α-hetero) is 1. The van der Waals surface area contributed by atoms with Gasteiger partial charge in [-0.15, -0.1) is 0 Å². The number of fused-ring (bicyclic) bond motifs is 1. The van der Waals surface area contributed by atoms with E-state index in [1.807, 2.05) is 18.2 Å². The first-order valence-electron chi connectivity index (χ1n) is 11.2. The van der Waals surface area contributed by atoms with Crippen molar-refractivity contribution >= 4 is 28.2 Å². The fourth-order valence-electron chi connectivity index (χ4n) is 4.29. The second-order valence-electron chi connectivity index (χ2n) is 8.52. The number of methoxy groups -OCH3 is 1. The molecule has 0 aliphatic carbocycles. The summed E-state index contributed by atoms with van der Waals surface area (Å²) in [6.45, 7) is 4.79. The molecule has 0 atom stereocenters. The zero-order valence-electron chi connectivity index (χ0n) is 19.6. The maximum Gasteiger partial charge on any atom is 0.255 e. The number of ketones is 1. The lowest BCUT2D eigenvalue weighted by molar-refractivity contribution is -0.133. The maximum absolute atomic E-state index is 13.5. The molecule has 176 valence electrons. The number of ether oxygens (including phenoxy) is 1. The Hall–Kier alpha value is -3.94. The van der Waals surface area contributed by atoms with E-state index in [4.69, 9.17) is 10.5 Å². The minimum atomic E-state index is -0.251. The number of aromatic nitrogens is 2. The van der Waals surface area contributed by atoms with Gasteiger partial charge in [0.2, 0.25) is 5.91 Å². The predicted octanol–water partition coefficient (Wildman–Crippen LogP) is 2.51.